The first-order chi connectivity index (χ1) is 11.4. The van der Waals surface area contributed by atoms with Crippen LogP contribution in [0.5, 0.6) is 0 Å². The third kappa shape index (κ3) is 3.31. The van der Waals surface area contributed by atoms with E-state index in [0.717, 1.165) is 11.3 Å². The topological polar surface area (TPSA) is 99.3 Å². The lowest BCUT2D eigenvalue weighted by Crippen LogP contribution is -2.36. The summed E-state index contributed by atoms with van der Waals surface area (Å²) >= 11 is 0. The van der Waals surface area contributed by atoms with E-state index in [9.17, 15) is 13.2 Å². The van der Waals surface area contributed by atoms with Gasteiger partial charge >= 0.3 is 0 Å². The van der Waals surface area contributed by atoms with Gasteiger partial charge in [-0.15, -0.1) is 0 Å². The second kappa shape index (κ2) is 6.33. The Morgan fingerprint density at radius 2 is 2.21 bits per heavy atom. The first-order valence-corrected chi connectivity index (χ1v) is 9.37. The quantitative estimate of drug-likeness (QED) is 0.861. The van der Waals surface area contributed by atoms with Gasteiger partial charge in [0.15, 0.2) is 5.69 Å². The smallest absolute Gasteiger partial charge is 0.274 e. The molecule has 8 nitrogen and oxygen atoms in total. The predicted molar refractivity (Wildman–Crippen MR) is 87.6 cm³/mol. The Morgan fingerprint density at radius 1 is 1.42 bits per heavy atom. The van der Waals surface area contributed by atoms with Gasteiger partial charge in [0.25, 0.3) is 5.91 Å². The fraction of sp³-hybridized carbons (Fsp3) is 0.400. The molecule has 0 radical (unpaired) electrons. The van der Waals surface area contributed by atoms with Crippen LogP contribution in [0.2, 0.25) is 0 Å². The normalized spacial score (nSPS) is 15.1. The van der Waals surface area contributed by atoms with Crippen molar-refractivity contribution < 1.29 is 13.2 Å². The molecule has 0 spiro atoms. The van der Waals surface area contributed by atoms with Gasteiger partial charge in [0.05, 0.1) is 30.7 Å². The van der Waals surface area contributed by atoms with Gasteiger partial charge < -0.3 is 4.90 Å². The van der Waals surface area contributed by atoms with E-state index in [4.69, 9.17) is 0 Å². The van der Waals surface area contributed by atoms with Gasteiger partial charge in [0.1, 0.15) is 0 Å². The number of hydrogen-bond acceptors (Lipinski definition) is 5. The number of H-pyrrole nitrogens is 1. The molecule has 0 fully saturated rings. The van der Waals surface area contributed by atoms with E-state index in [-0.39, 0.29) is 12.5 Å². The van der Waals surface area contributed by atoms with Crippen molar-refractivity contribution in [3.63, 3.8) is 0 Å². The molecule has 128 valence electrons. The molecular weight excluding hydrogens is 330 g/mol. The Hall–Kier alpha value is -2.26. The lowest BCUT2D eigenvalue weighted by atomic mass is 10.1. The van der Waals surface area contributed by atoms with E-state index in [2.05, 4.69) is 15.2 Å². The molecule has 1 aliphatic heterocycles. The summed E-state index contributed by atoms with van der Waals surface area (Å²) in [7, 11) is -1.56. The van der Waals surface area contributed by atoms with Crippen LogP contribution in [-0.4, -0.2) is 58.6 Å². The Balaban J connectivity index is 1.77. The number of fused-ring (bicyclic) bond motifs is 1. The molecule has 0 aromatic carbocycles. The third-order valence-corrected chi connectivity index (χ3v) is 5.29. The summed E-state index contributed by atoms with van der Waals surface area (Å²) < 4.78 is 24.7. The molecule has 2 aromatic rings. The Kier molecular flexibility index (Phi) is 4.37. The molecular formula is C15H19N5O3S. The van der Waals surface area contributed by atoms with Gasteiger partial charge in [-0.25, -0.2) is 8.42 Å². The summed E-state index contributed by atoms with van der Waals surface area (Å²) in [6, 6.07) is 5.55. The maximum atomic E-state index is 12.6. The standard InChI is InChI=1S/C15H19N5O3S/c1-19(9-11-5-3-4-7-16-11)15(21)14-12-6-8-20(24(2,22)23)10-13(12)17-18-14/h3-5,7H,6,8-10H2,1-2H3,(H,17,18). The summed E-state index contributed by atoms with van der Waals surface area (Å²) in [6.07, 6.45) is 3.34. The molecule has 24 heavy (non-hydrogen) atoms. The zero-order valence-corrected chi connectivity index (χ0v) is 14.4. The van der Waals surface area contributed by atoms with E-state index in [1.165, 1.54) is 10.6 Å². The second-order valence-corrected chi connectivity index (χ2v) is 7.84. The average Bonchev–Trinajstić information content (AvgIpc) is 2.97. The number of nitrogens with one attached hydrogen (secondary N) is 1. The van der Waals surface area contributed by atoms with Crippen molar-refractivity contribution in [2.45, 2.75) is 19.5 Å². The molecule has 9 heteroatoms. The highest BCUT2D eigenvalue weighted by atomic mass is 32.2. The van der Waals surface area contributed by atoms with Gasteiger partial charge in [-0.05, 0) is 18.6 Å². The minimum absolute atomic E-state index is 0.203. The number of hydrogen-bond donors (Lipinski definition) is 1. The Labute approximate surface area is 140 Å². The maximum absolute atomic E-state index is 12.6. The number of carbonyl (C=O) groups excluding carboxylic acids is 1. The van der Waals surface area contributed by atoms with Crippen LogP contribution in [0.25, 0.3) is 0 Å². The van der Waals surface area contributed by atoms with Crippen LogP contribution < -0.4 is 0 Å². The molecule has 1 aliphatic rings. The van der Waals surface area contributed by atoms with Crippen LogP contribution >= 0.6 is 0 Å². The van der Waals surface area contributed by atoms with Crippen LogP contribution in [0, 0.1) is 0 Å². The van der Waals surface area contributed by atoms with Crippen molar-refractivity contribution in [2.75, 3.05) is 19.8 Å². The fourth-order valence-corrected chi connectivity index (χ4v) is 3.53. The van der Waals surface area contributed by atoms with Crippen molar-refractivity contribution in [1.29, 1.82) is 0 Å². The second-order valence-electron chi connectivity index (χ2n) is 5.86. The first kappa shape index (κ1) is 16.6. The fourth-order valence-electron chi connectivity index (χ4n) is 2.74. The number of aromatic nitrogens is 3. The van der Waals surface area contributed by atoms with Crippen LogP contribution in [0.3, 0.4) is 0 Å². The van der Waals surface area contributed by atoms with Gasteiger partial charge in [0.2, 0.25) is 10.0 Å². The van der Waals surface area contributed by atoms with Crippen LogP contribution in [-0.2, 0) is 29.5 Å². The minimum Gasteiger partial charge on any atom is -0.334 e. The summed E-state index contributed by atoms with van der Waals surface area (Å²) in [4.78, 5) is 18.4. The van der Waals surface area contributed by atoms with Crippen molar-refractivity contribution in [2.24, 2.45) is 0 Å². The van der Waals surface area contributed by atoms with E-state index in [0.29, 0.717) is 30.9 Å². The largest absolute Gasteiger partial charge is 0.334 e. The highest BCUT2D eigenvalue weighted by Gasteiger charge is 2.29. The number of sulfonamides is 1. The highest BCUT2D eigenvalue weighted by molar-refractivity contribution is 7.88. The summed E-state index contributed by atoms with van der Waals surface area (Å²) in [5, 5.41) is 6.93. The number of aromatic amines is 1. The van der Waals surface area contributed by atoms with Crippen LogP contribution in [0.15, 0.2) is 24.4 Å². The van der Waals surface area contributed by atoms with Gasteiger partial charge in [0, 0.05) is 25.4 Å². The van der Waals surface area contributed by atoms with Crippen molar-refractivity contribution in [3.05, 3.63) is 47.0 Å². The predicted octanol–water partition coefficient (Wildman–Crippen LogP) is 0.395. The number of carbonyl (C=O) groups is 1. The molecule has 0 atom stereocenters. The van der Waals surface area contributed by atoms with Gasteiger partial charge in [-0.3, -0.25) is 14.9 Å². The zero-order valence-electron chi connectivity index (χ0n) is 13.6. The van der Waals surface area contributed by atoms with Gasteiger partial charge in [-0.2, -0.15) is 9.40 Å². The number of pyridine rings is 1. The molecule has 1 N–H and O–H groups in total. The van der Waals surface area contributed by atoms with E-state index in [1.54, 1.807) is 18.1 Å². The van der Waals surface area contributed by atoms with Crippen molar-refractivity contribution in [1.82, 2.24) is 24.4 Å². The van der Waals surface area contributed by atoms with Crippen LogP contribution in [0.1, 0.15) is 27.4 Å². The first-order valence-electron chi connectivity index (χ1n) is 7.53. The van der Waals surface area contributed by atoms with Crippen LogP contribution in [0.4, 0.5) is 0 Å². The molecule has 0 saturated heterocycles. The lowest BCUT2D eigenvalue weighted by molar-refractivity contribution is 0.0776. The van der Waals surface area contributed by atoms with E-state index >= 15 is 0 Å². The molecule has 1 amide bonds. The summed E-state index contributed by atoms with van der Waals surface area (Å²) in [6.45, 7) is 0.963. The average molecular weight is 349 g/mol. The number of amides is 1. The summed E-state index contributed by atoms with van der Waals surface area (Å²) in [5.74, 6) is -0.203. The zero-order chi connectivity index (χ0) is 17.3. The van der Waals surface area contributed by atoms with Crippen molar-refractivity contribution >= 4 is 15.9 Å². The number of rotatable bonds is 4. The molecule has 0 bridgehead atoms. The third-order valence-electron chi connectivity index (χ3n) is 4.04. The Bertz CT molecular complexity index is 847. The number of nitrogens with zero attached hydrogens (tertiary/aromatic N) is 4. The Morgan fingerprint density at radius 3 is 2.88 bits per heavy atom. The minimum atomic E-state index is -3.25. The molecule has 2 aromatic heterocycles. The molecule has 0 saturated carbocycles. The molecule has 0 unspecified atom stereocenters. The van der Waals surface area contributed by atoms with Gasteiger partial charge in [-0.1, -0.05) is 6.07 Å². The van der Waals surface area contributed by atoms with E-state index < -0.39 is 10.0 Å². The SMILES string of the molecule is CN(Cc1ccccn1)C(=O)c1n[nH]c2c1CCN(S(C)(=O)=O)C2. The lowest BCUT2D eigenvalue weighted by Gasteiger charge is -2.24. The van der Waals surface area contributed by atoms with E-state index in [1.807, 2.05) is 18.2 Å². The molecule has 0 aliphatic carbocycles. The summed E-state index contributed by atoms with van der Waals surface area (Å²) in [5.41, 5.74) is 2.63. The highest BCUT2D eigenvalue weighted by Crippen LogP contribution is 2.22. The maximum Gasteiger partial charge on any atom is 0.274 e. The van der Waals surface area contributed by atoms with Crippen molar-refractivity contribution in [3.8, 4) is 0 Å². The molecule has 3 heterocycles. The molecule has 3 rings (SSSR count). The monoisotopic (exact) mass is 349 g/mol.